The summed E-state index contributed by atoms with van der Waals surface area (Å²) >= 11 is 0. The summed E-state index contributed by atoms with van der Waals surface area (Å²) in [5.74, 6) is 2.00. The first kappa shape index (κ1) is 22.6. The standard InChI is InChI=1S/C26H42N2O4/c1-23(2)17-27(5-7-31-23)21(29)14-25-10-19-9-20(11-25)13-26(12-19,16-25)15-22(30)28-6-8-32-24(3,4)18-28/h19-20H,5-18H2,1-4H3. The highest BCUT2D eigenvalue weighted by atomic mass is 16.5. The van der Waals surface area contributed by atoms with Crippen LogP contribution < -0.4 is 0 Å². The molecule has 180 valence electrons. The zero-order chi connectivity index (χ0) is 22.8. The van der Waals surface area contributed by atoms with Crippen LogP contribution in [0.1, 0.15) is 79.1 Å². The summed E-state index contributed by atoms with van der Waals surface area (Å²) in [7, 11) is 0. The lowest BCUT2D eigenvalue weighted by atomic mass is 9.43. The molecule has 4 bridgehead atoms. The average molecular weight is 447 g/mol. The van der Waals surface area contributed by atoms with Crippen LogP contribution in [0.3, 0.4) is 0 Å². The molecule has 0 unspecified atom stereocenters. The first-order valence-electron chi connectivity index (χ1n) is 12.8. The van der Waals surface area contributed by atoms with Crippen LogP contribution in [-0.4, -0.2) is 72.2 Å². The third-order valence-corrected chi connectivity index (χ3v) is 8.91. The SMILES string of the molecule is CC1(C)CN(C(=O)CC23CC4CC(C2)CC(CC(=O)N2CCOC(C)(C)C2)(C4)C3)CCO1. The Bertz CT molecular complexity index is 702. The molecule has 6 nitrogen and oxygen atoms in total. The van der Waals surface area contributed by atoms with Gasteiger partial charge < -0.3 is 19.3 Å². The number of hydrogen-bond acceptors (Lipinski definition) is 4. The van der Waals surface area contributed by atoms with E-state index in [1.807, 2.05) is 9.80 Å². The minimum atomic E-state index is -0.255. The Kier molecular flexibility index (Phi) is 5.44. The van der Waals surface area contributed by atoms with Crippen LogP contribution in [0.25, 0.3) is 0 Å². The maximum absolute atomic E-state index is 13.4. The molecular weight excluding hydrogens is 404 g/mol. The lowest BCUT2D eigenvalue weighted by Crippen LogP contribution is -2.57. The van der Waals surface area contributed by atoms with E-state index in [0.717, 1.165) is 6.42 Å². The summed E-state index contributed by atoms with van der Waals surface area (Å²) in [4.78, 5) is 30.9. The van der Waals surface area contributed by atoms with Crippen molar-refractivity contribution < 1.29 is 19.1 Å². The second-order valence-corrected chi connectivity index (χ2v) is 13.2. The minimum Gasteiger partial charge on any atom is -0.372 e. The number of hydrogen-bond donors (Lipinski definition) is 0. The molecule has 0 aromatic carbocycles. The molecule has 0 spiro atoms. The van der Waals surface area contributed by atoms with E-state index in [1.165, 1.54) is 32.1 Å². The fourth-order valence-corrected chi connectivity index (χ4v) is 8.39. The van der Waals surface area contributed by atoms with E-state index in [0.29, 0.717) is 75.9 Å². The van der Waals surface area contributed by atoms with Crippen molar-refractivity contribution >= 4 is 11.8 Å². The largest absolute Gasteiger partial charge is 0.372 e. The van der Waals surface area contributed by atoms with Gasteiger partial charge in [0, 0.05) is 39.0 Å². The van der Waals surface area contributed by atoms with E-state index >= 15 is 0 Å². The van der Waals surface area contributed by atoms with Gasteiger partial charge in [0.05, 0.1) is 24.4 Å². The predicted molar refractivity (Wildman–Crippen MR) is 122 cm³/mol. The van der Waals surface area contributed by atoms with Gasteiger partial charge in [-0.05, 0) is 88.9 Å². The van der Waals surface area contributed by atoms with Gasteiger partial charge in [0.15, 0.2) is 0 Å². The van der Waals surface area contributed by atoms with Crippen molar-refractivity contribution in [2.24, 2.45) is 22.7 Å². The summed E-state index contributed by atoms with van der Waals surface area (Å²) in [6.45, 7) is 12.3. The van der Waals surface area contributed by atoms with Crippen LogP contribution in [0.2, 0.25) is 0 Å². The third kappa shape index (κ3) is 4.46. The number of ether oxygens (including phenoxy) is 2. The molecule has 0 aromatic rings. The highest BCUT2D eigenvalue weighted by molar-refractivity contribution is 5.78. The van der Waals surface area contributed by atoms with Crippen LogP contribution in [0, 0.1) is 22.7 Å². The topological polar surface area (TPSA) is 59.1 Å². The predicted octanol–water partition coefficient (Wildman–Crippen LogP) is 3.63. The molecule has 2 heterocycles. The van der Waals surface area contributed by atoms with Crippen molar-refractivity contribution in [3.05, 3.63) is 0 Å². The van der Waals surface area contributed by atoms with Gasteiger partial charge >= 0.3 is 0 Å². The second kappa shape index (κ2) is 7.69. The fraction of sp³-hybridized carbons (Fsp3) is 0.923. The molecule has 0 atom stereocenters. The van der Waals surface area contributed by atoms with Gasteiger partial charge in [-0.1, -0.05) is 0 Å². The molecule has 0 N–H and O–H groups in total. The Balaban J connectivity index is 1.29. The van der Waals surface area contributed by atoms with E-state index in [-0.39, 0.29) is 22.0 Å². The molecule has 6 heteroatoms. The molecule has 2 amide bonds. The maximum atomic E-state index is 13.4. The fourth-order valence-electron chi connectivity index (χ4n) is 8.39. The van der Waals surface area contributed by atoms with Gasteiger partial charge in [-0.2, -0.15) is 0 Å². The van der Waals surface area contributed by atoms with Crippen LogP contribution in [0.4, 0.5) is 0 Å². The molecule has 6 fully saturated rings. The number of amides is 2. The molecular formula is C26H42N2O4. The van der Waals surface area contributed by atoms with Gasteiger partial charge in [-0.15, -0.1) is 0 Å². The van der Waals surface area contributed by atoms with Crippen molar-refractivity contribution in [2.45, 2.75) is 90.3 Å². The Hall–Kier alpha value is -1.14. The highest BCUT2D eigenvalue weighted by Gasteiger charge is 2.59. The summed E-state index contributed by atoms with van der Waals surface area (Å²) in [6.07, 6.45) is 8.43. The van der Waals surface area contributed by atoms with E-state index in [9.17, 15) is 9.59 Å². The first-order chi connectivity index (χ1) is 15.0. The van der Waals surface area contributed by atoms with Gasteiger partial charge in [0.25, 0.3) is 0 Å². The van der Waals surface area contributed by atoms with Crippen molar-refractivity contribution in [1.82, 2.24) is 9.80 Å². The average Bonchev–Trinajstić information content (AvgIpc) is 2.64. The van der Waals surface area contributed by atoms with Gasteiger partial charge in [0.2, 0.25) is 11.8 Å². The number of carbonyl (C=O) groups excluding carboxylic acids is 2. The Morgan fingerprint density at radius 3 is 1.53 bits per heavy atom. The monoisotopic (exact) mass is 446 g/mol. The molecule has 2 aliphatic heterocycles. The Morgan fingerprint density at radius 1 is 0.750 bits per heavy atom. The highest BCUT2D eigenvalue weighted by Crippen LogP contribution is 2.67. The number of rotatable bonds is 4. The van der Waals surface area contributed by atoms with Crippen LogP contribution in [0.5, 0.6) is 0 Å². The number of carbonyl (C=O) groups is 2. The molecule has 4 aliphatic carbocycles. The van der Waals surface area contributed by atoms with E-state index in [1.54, 1.807) is 0 Å². The molecule has 6 rings (SSSR count). The van der Waals surface area contributed by atoms with Crippen LogP contribution in [0.15, 0.2) is 0 Å². The lowest BCUT2D eigenvalue weighted by molar-refractivity contribution is -0.165. The third-order valence-electron chi connectivity index (χ3n) is 8.91. The number of nitrogens with zero attached hydrogens (tertiary/aromatic N) is 2. The summed E-state index contributed by atoms with van der Waals surface area (Å²) in [5, 5.41) is 0. The molecule has 2 saturated heterocycles. The molecule has 32 heavy (non-hydrogen) atoms. The summed E-state index contributed by atoms with van der Waals surface area (Å²) in [5.41, 5.74) is -0.299. The zero-order valence-corrected chi connectivity index (χ0v) is 20.6. The van der Waals surface area contributed by atoms with E-state index in [4.69, 9.17) is 9.47 Å². The number of morpholine rings is 2. The maximum Gasteiger partial charge on any atom is 0.223 e. The van der Waals surface area contributed by atoms with Gasteiger partial charge in [-0.3, -0.25) is 9.59 Å². The molecule has 0 radical (unpaired) electrons. The normalized spacial score (nSPS) is 39.9. The smallest absolute Gasteiger partial charge is 0.223 e. The van der Waals surface area contributed by atoms with Crippen molar-refractivity contribution in [1.29, 1.82) is 0 Å². The van der Waals surface area contributed by atoms with E-state index in [2.05, 4.69) is 27.7 Å². The van der Waals surface area contributed by atoms with Crippen molar-refractivity contribution in [3.8, 4) is 0 Å². The van der Waals surface area contributed by atoms with Crippen molar-refractivity contribution in [3.63, 3.8) is 0 Å². The van der Waals surface area contributed by atoms with Gasteiger partial charge in [0.1, 0.15) is 0 Å². The quantitative estimate of drug-likeness (QED) is 0.662. The second-order valence-electron chi connectivity index (χ2n) is 13.2. The van der Waals surface area contributed by atoms with Crippen molar-refractivity contribution in [2.75, 3.05) is 39.4 Å². The van der Waals surface area contributed by atoms with Gasteiger partial charge in [-0.25, -0.2) is 0 Å². The van der Waals surface area contributed by atoms with Crippen LogP contribution >= 0.6 is 0 Å². The van der Waals surface area contributed by atoms with E-state index < -0.39 is 0 Å². The molecule has 0 aromatic heterocycles. The minimum absolute atomic E-state index is 0.105. The molecule has 6 aliphatic rings. The summed E-state index contributed by atoms with van der Waals surface area (Å²) < 4.78 is 11.7. The zero-order valence-electron chi connectivity index (χ0n) is 20.6. The molecule has 4 saturated carbocycles. The lowest BCUT2D eigenvalue weighted by Gasteiger charge is -2.62. The summed E-state index contributed by atoms with van der Waals surface area (Å²) in [6, 6.07) is 0. The first-order valence-corrected chi connectivity index (χ1v) is 12.8. The Morgan fingerprint density at radius 2 is 1.16 bits per heavy atom. The van der Waals surface area contributed by atoms with Crippen LogP contribution in [-0.2, 0) is 19.1 Å². The Labute approximate surface area is 193 Å².